The number of halogens is 1. The summed E-state index contributed by atoms with van der Waals surface area (Å²) in [4.78, 5) is 28.2. The van der Waals surface area contributed by atoms with E-state index in [4.69, 9.17) is 25.8 Å². The number of rotatable bonds is 7. The highest BCUT2D eigenvalue weighted by Crippen LogP contribution is 2.47. The van der Waals surface area contributed by atoms with Crippen LogP contribution in [-0.2, 0) is 16.1 Å². The number of amides is 2. The first-order valence-electron chi connectivity index (χ1n) is 16.2. The summed E-state index contributed by atoms with van der Waals surface area (Å²) in [6.07, 6.45) is -0.975. The number of nitrogens with one attached hydrogen (secondary N) is 1. The highest BCUT2D eigenvalue weighted by atomic mass is 35.5. The zero-order valence-corrected chi connectivity index (χ0v) is 27.9. The van der Waals surface area contributed by atoms with Crippen LogP contribution in [0.1, 0.15) is 54.9 Å². The quantitative estimate of drug-likeness (QED) is 0.176. The van der Waals surface area contributed by atoms with Gasteiger partial charge in [0.05, 0.1) is 5.69 Å². The standard InChI is InChI=1S/C40H37ClN2O5/c1-40(2,3)48-39(45)43-22-26(21-41)37-32-18-17-27(19-33(32)36(20-35(37)43)46-23-25-11-5-4-6-12-25)42-38(44)47-24-34-30-15-9-7-13-28(30)29-14-8-10-16-31(29)34/h4-20,26,34H,21-24H2,1-3H3,(H,42,44). The molecule has 1 N–H and O–H groups in total. The summed E-state index contributed by atoms with van der Waals surface area (Å²) in [5, 5.41) is 4.61. The van der Waals surface area contributed by atoms with Gasteiger partial charge in [0.1, 0.15) is 24.6 Å². The second-order valence-corrected chi connectivity index (χ2v) is 13.5. The van der Waals surface area contributed by atoms with E-state index in [9.17, 15) is 9.59 Å². The second-order valence-electron chi connectivity index (χ2n) is 13.2. The van der Waals surface area contributed by atoms with Gasteiger partial charge in [-0.15, -0.1) is 11.6 Å². The Morgan fingerprint density at radius 3 is 2.19 bits per heavy atom. The molecular weight excluding hydrogens is 624 g/mol. The van der Waals surface area contributed by atoms with Crippen molar-refractivity contribution in [3.8, 4) is 16.9 Å². The second kappa shape index (κ2) is 12.9. The summed E-state index contributed by atoms with van der Waals surface area (Å²) in [6, 6.07) is 33.9. The molecule has 7 nitrogen and oxygen atoms in total. The number of alkyl halides is 1. The van der Waals surface area contributed by atoms with Gasteiger partial charge in [0.2, 0.25) is 0 Å². The largest absolute Gasteiger partial charge is 0.488 e. The van der Waals surface area contributed by atoms with Gasteiger partial charge in [0.25, 0.3) is 0 Å². The molecule has 0 radical (unpaired) electrons. The molecule has 1 heterocycles. The predicted molar refractivity (Wildman–Crippen MR) is 190 cm³/mol. The third-order valence-corrected chi connectivity index (χ3v) is 9.22. The van der Waals surface area contributed by atoms with Crippen LogP contribution < -0.4 is 15.0 Å². The maximum atomic E-state index is 13.3. The number of carbonyl (C=O) groups is 2. The van der Waals surface area contributed by atoms with Crippen molar-refractivity contribution in [1.29, 1.82) is 0 Å². The molecular formula is C40H37ClN2O5. The Kier molecular flexibility index (Phi) is 8.48. The number of benzene rings is 5. The van der Waals surface area contributed by atoms with E-state index in [1.807, 2.05) is 99.6 Å². The van der Waals surface area contributed by atoms with E-state index < -0.39 is 17.8 Å². The summed E-state index contributed by atoms with van der Waals surface area (Å²) in [7, 11) is 0. The van der Waals surface area contributed by atoms with Crippen molar-refractivity contribution in [2.45, 2.75) is 44.8 Å². The van der Waals surface area contributed by atoms with E-state index in [-0.39, 0.29) is 18.4 Å². The van der Waals surface area contributed by atoms with Gasteiger partial charge >= 0.3 is 12.2 Å². The SMILES string of the molecule is CC(C)(C)OC(=O)N1CC(CCl)c2c1cc(OCc1ccccc1)c1cc(NC(=O)OCC3c4ccccc4-c4ccccc43)ccc21. The minimum Gasteiger partial charge on any atom is -0.488 e. The number of fused-ring (bicyclic) bond motifs is 6. The summed E-state index contributed by atoms with van der Waals surface area (Å²) < 4.78 is 18.0. The lowest BCUT2D eigenvalue weighted by atomic mass is 9.95. The number of hydrogen-bond acceptors (Lipinski definition) is 5. The average Bonchev–Trinajstić information content (AvgIpc) is 3.62. The van der Waals surface area contributed by atoms with Crippen molar-refractivity contribution in [3.63, 3.8) is 0 Å². The minimum atomic E-state index is -0.653. The molecule has 48 heavy (non-hydrogen) atoms. The summed E-state index contributed by atoms with van der Waals surface area (Å²) >= 11 is 6.49. The van der Waals surface area contributed by atoms with Crippen molar-refractivity contribution >= 4 is 45.9 Å². The molecule has 2 aliphatic rings. The molecule has 5 aromatic carbocycles. The van der Waals surface area contributed by atoms with E-state index in [0.717, 1.165) is 33.0 Å². The Hall–Kier alpha value is -5.01. The molecule has 1 aliphatic carbocycles. The fourth-order valence-electron chi connectivity index (χ4n) is 6.76. The van der Waals surface area contributed by atoms with Crippen molar-refractivity contribution in [1.82, 2.24) is 0 Å². The van der Waals surface area contributed by atoms with Crippen LogP contribution in [0, 0.1) is 0 Å². The molecule has 0 spiro atoms. The predicted octanol–water partition coefficient (Wildman–Crippen LogP) is 9.86. The van der Waals surface area contributed by atoms with Gasteiger partial charge in [0, 0.05) is 41.4 Å². The van der Waals surface area contributed by atoms with E-state index in [2.05, 4.69) is 29.6 Å². The summed E-state index contributed by atoms with van der Waals surface area (Å²) in [5.74, 6) is 0.750. The van der Waals surface area contributed by atoms with Crippen LogP contribution in [0.15, 0.2) is 103 Å². The lowest BCUT2D eigenvalue weighted by molar-refractivity contribution is 0.0582. The minimum absolute atomic E-state index is 0.0410. The fourth-order valence-corrected chi connectivity index (χ4v) is 7.02. The zero-order valence-electron chi connectivity index (χ0n) is 27.2. The zero-order chi connectivity index (χ0) is 33.4. The van der Waals surface area contributed by atoms with Gasteiger partial charge in [-0.2, -0.15) is 0 Å². The molecule has 0 fully saturated rings. The van der Waals surface area contributed by atoms with Gasteiger partial charge in [-0.3, -0.25) is 10.2 Å². The molecule has 0 aromatic heterocycles. The summed E-state index contributed by atoms with van der Waals surface area (Å²) in [6.45, 7) is 6.47. The Morgan fingerprint density at radius 1 is 0.854 bits per heavy atom. The van der Waals surface area contributed by atoms with Crippen LogP contribution in [-0.4, -0.2) is 36.8 Å². The molecule has 0 saturated heterocycles. The maximum Gasteiger partial charge on any atom is 0.414 e. The highest BCUT2D eigenvalue weighted by molar-refractivity contribution is 6.19. The van der Waals surface area contributed by atoms with Crippen LogP contribution in [0.5, 0.6) is 5.75 Å². The Morgan fingerprint density at radius 2 is 1.52 bits per heavy atom. The Labute approximate surface area is 285 Å². The molecule has 1 aliphatic heterocycles. The van der Waals surface area contributed by atoms with Crippen LogP contribution in [0.2, 0.25) is 0 Å². The third kappa shape index (κ3) is 6.18. The fraction of sp³-hybridized carbons (Fsp3) is 0.250. The first-order chi connectivity index (χ1) is 23.2. The molecule has 5 aromatic rings. The monoisotopic (exact) mass is 660 g/mol. The Balaban J connectivity index is 1.18. The van der Waals surface area contributed by atoms with Crippen molar-refractivity contribution in [3.05, 3.63) is 125 Å². The van der Waals surface area contributed by atoms with Gasteiger partial charge in [-0.1, -0.05) is 84.9 Å². The van der Waals surface area contributed by atoms with E-state index >= 15 is 0 Å². The molecule has 7 rings (SSSR count). The smallest absolute Gasteiger partial charge is 0.414 e. The average molecular weight is 661 g/mol. The number of anilines is 2. The molecule has 0 saturated carbocycles. The lowest BCUT2D eigenvalue weighted by Crippen LogP contribution is -2.36. The Bertz CT molecular complexity index is 1960. The van der Waals surface area contributed by atoms with Crippen molar-refractivity contribution < 1.29 is 23.8 Å². The topological polar surface area (TPSA) is 77.1 Å². The molecule has 1 unspecified atom stereocenters. The van der Waals surface area contributed by atoms with Gasteiger partial charge < -0.3 is 14.2 Å². The molecule has 8 heteroatoms. The molecule has 1 atom stereocenters. The lowest BCUT2D eigenvalue weighted by Gasteiger charge is -2.25. The number of carbonyl (C=O) groups excluding carboxylic acids is 2. The van der Waals surface area contributed by atoms with Crippen molar-refractivity contribution in [2.75, 3.05) is 29.2 Å². The first kappa shape index (κ1) is 31.6. The van der Waals surface area contributed by atoms with Crippen LogP contribution in [0.25, 0.3) is 21.9 Å². The van der Waals surface area contributed by atoms with Crippen LogP contribution in [0.3, 0.4) is 0 Å². The van der Waals surface area contributed by atoms with Gasteiger partial charge in [-0.25, -0.2) is 9.59 Å². The van der Waals surface area contributed by atoms with E-state index in [1.165, 1.54) is 11.1 Å². The number of ether oxygens (including phenoxy) is 3. The van der Waals surface area contributed by atoms with Gasteiger partial charge in [0.15, 0.2) is 0 Å². The highest BCUT2D eigenvalue weighted by Gasteiger charge is 2.37. The molecule has 244 valence electrons. The molecule has 0 bridgehead atoms. The molecule has 2 amide bonds. The number of nitrogens with zero attached hydrogens (tertiary/aromatic N) is 1. The van der Waals surface area contributed by atoms with E-state index in [1.54, 1.807) is 4.90 Å². The number of hydrogen-bond donors (Lipinski definition) is 1. The van der Waals surface area contributed by atoms with Crippen molar-refractivity contribution in [2.24, 2.45) is 0 Å². The first-order valence-corrected chi connectivity index (χ1v) is 16.7. The van der Waals surface area contributed by atoms with Gasteiger partial charge in [-0.05, 0) is 71.7 Å². The third-order valence-electron chi connectivity index (χ3n) is 8.85. The van der Waals surface area contributed by atoms with Crippen LogP contribution in [0.4, 0.5) is 21.0 Å². The van der Waals surface area contributed by atoms with E-state index in [0.29, 0.717) is 36.2 Å². The summed E-state index contributed by atoms with van der Waals surface area (Å²) in [5.41, 5.74) is 7.23. The normalized spacial score (nSPS) is 15.1. The van der Waals surface area contributed by atoms with Crippen LogP contribution >= 0.6 is 11.6 Å². The maximum absolute atomic E-state index is 13.3.